The first-order valence-electron chi connectivity index (χ1n) is 24.9. The number of hydrogen-bond donors (Lipinski definition) is 0. The minimum absolute atomic E-state index is 0.489. The molecule has 0 aliphatic heterocycles. The van der Waals surface area contributed by atoms with Gasteiger partial charge in [-0.2, -0.15) is 0 Å². The summed E-state index contributed by atoms with van der Waals surface area (Å²) in [5, 5.41) is 6.28. The summed E-state index contributed by atoms with van der Waals surface area (Å²) in [5.74, 6) is 1.04. The molecule has 0 saturated carbocycles. The van der Waals surface area contributed by atoms with Crippen molar-refractivity contribution in [2.24, 2.45) is 0 Å². The van der Waals surface area contributed by atoms with Crippen molar-refractivity contribution in [3.05, 3.63) is 243 Å². The van der Waals surface area contributed by atoms with Crippen LogP contribution in [0.4, 0.5) is 0 Å². The Morgan fingerprint density at radius 3 is 1.39 bits per heavy atom. The molecule has 15 aromatic rings. The van der Waals surface area contributed by atoms with Gasteiger partial charge >= 0.3 is 0 Å². The van der Waals surface area contributed by atoms with Crippen LogP contribution in [0, 0.1) is 0 Å². The second-order valence-corrected chi connectivity index (χ2v) is 18.7. The van der Waals surface area contributed by atoms with Crippen molar-refractivity contribution < 1.29 is 4.42 Å². The SMILES string of the molecule is c1ccc(-c2cccc(-c3cc(-c4cccc(-c5ccccc5)n4)nc(-n4c5ccccc5c5ccc6c(c7ccccc7n6-c6nc(-c7ccccc7)cc(-c7ccc8oc9ccccc9c8c7)n6)c54)n3)n2)cc1. The van der Waals surface area contributed by atoms with E-state index in [0.717, 1.165) is 111 Å². The van der Waals surface area contributed by atoms with Gasteiger partial charge in [0.2, 0.25) is 11.9 Å². The summed E-state index contributed by atoms with van der Waals surface area (Å²) in [5.41, 5.74) is 15.5. The van der Waals surface area contributed by atoms with Crippen LogP contribution in [-0.4, -0.2) is 39.0 Å². The van der Waals surface area contributed by atoms with Gasteiger partial charge in [0, 0.05) is 54.6 Å². The summed E-state index contributed by atoms with van der Waals surface area (Å²) in [4.78, 5) is 32.3. The van der Waals surface area contributed by atoms with E-state index < -0.39 is 0 Å². The van der Waals surface area contributed by atoms with Gasteiger partial charge in [-0.25, -0.2) is 29.9 Å². The van der Waals surface area contributed by atoms with Gasteiger partial charge in [-0.1, -0.05) is 164 Å². The van der Waals surface area contributed by atoms with Crippen molar-refractivity contribution in [1.82, 2.24) is 39.0 Å². The molecule has 350 valence electrons. The van der Waals surface area contributed by atoms with Crippen LogP contribution in [0.1, 0.15) is 0 Å². The molecule has 8 aromatic carbocycles. The van der Waals surface area contributed by atoms with Gasteiger partial charge in [-0.3, -0.25) is 9.13 Å². The highest BCUT2D eigenvalue weighted by Gasteiger charge is 2.25. The van der Waals surface area contributed by atoms with Crippen LogP contribution in [0.15, 0.2) is 247 Å². The van der Waals surface area contributed by atoms with E-state index >= 15 is 0 Å². The van der Waals surface area contributed by atoms with E-state index in [1.165, 1.54) is 0 Å². The first-order valence-corrected chi connectivity index (χ1v) is 24.9. The Balaban J connectivity index is 0.997. The summed E-state index contributed by atoms with van der Waals surface area (Å²) in [6.07, 6.45) is 0. The van der Waals surface area contributed by atoms with Gasteiger partial charge in [-0.15, -0.1) is 0 Å². The van der Waals surface area contributed by atoms with Gasteiger partial charge in [0.05, 0.1) is 67.6 Å². The molecule has 7 aromatic heterocycles. The van der Waals surface area contributed by atoms with E-state index in [0.29, 0.717) is 34.7 Å². The second-order valence-electron chi connectivity index (χ2n) is 18.7. The van der Waals surface area contributed by atoms with Gasteiger partial charge < -0.3 is 4.42 Å². The maximum Gasteiger partial charge on any atom is 0.235 e. The number of hydrogen-bond acceptors (Lipinski definition) is 7. The minimum Gasteiger partial charge on any atom is -0.456 e. The average Bonchev–Trinajstić information content (AvgIpc) is 4.16. The molecule has 9 heteroatoms. The van der Waals surface area contributed by atoms with Crippen molar-refractivity contribution in [1.29, 1.82) is 0 Å². The Bertz CT molecular complexity index is 4610. The molecule has 0 atom stereocenters. The van der Waals surface area contributed by atoms with Gasteiger partial charge in [0.15, 0.2) is 0 Å². The van der Waals surface area contributed by atoms with E-state index in [9.17, 15) is 0 Å². The highest BCUT2D eigenvalue weighted by Crippen LogP contribution is 2.43. The third-order valence-corrected chi connectivity index (χ3v) is 14.2. The lowest BCUT2D eigenvalue weighted by Gasteiger charge is -2.13. The van der Waals surface area contributed by atoms with Gasteiger partial charge in [-0.05, 0) is 78.9 Å². The number of benzene rings is 8. The third-order valence-electron chi connectivity index (χ3n) is 14.2. The lowest BCUT2D eigenvalue weighted by atomic mass is 10.0. The van der Waals surface area contributed by atoms with Crippen LogP contribution >= 0.6 is 0 Å². The van der Waals surface area contributed by atoms with Crippen molar-refractivity contribution in [3.63, 3.8) is 0 Å². The molecule has 0 aliphatic rings. The molecule has 0 saturated heterocycles. The van der Waals surface area contributed by atoms with E-state index in [1.807, 2.05) is 121 Å². The van der Waals surface area contributed by atoms with Crippen LogP contribution < -0.4 is 0 Å². The van der Waals surface area contributed by atoms with Crippen LogP contribution in [0.5, 0.6) is 0 Å². The van der Waals surface area contributed by atoms with Gasteiger partial charge in [0.1, 0.15) is 11.2 Å². The van der Waals surface area contributed by atoms with Crippen molar-refractivity contribution in [3.8, 4) is 79.7 Å². The van der Waals surface area contributed by atoms with Crippen LogP contribution in [0.25, 0.3) is 145 Å². The maximum atomic E-state index is 6.26. The van der Waals surface area contributed by atoms with Crippen molar-refractivity contribution >= 4 is 65.6 Å². The molecule has 9 nitrogen and oxygen atoms in total. The molecule has 15 rings (SSSR count). The Labute approximate surface area is 429 Å². The first-order chi connectivity index (χ1) is 37.2. The third kappa shape index (κ3) is 7.09. The standard InChI is InChI=1S/C66H40N8O/c1-4-18-41(19-5-1)50-27-16-29-52(67-50)56-40-57(53-30-17-28-51(68-53)42-20-6-2-7-21-42)72-66(71-56)74-58-31-13-10-24-45(58)47-35-36-60-63(64(47)74)48-26-11-14-32-59(48)73(60)65-69-54(43-22-8-3-9-23-43)39-55(70-65)44-34-37-62-49(38-44)46-25-12-15-33-61(46)75-62/h1-40H. The maximum absolute atomic E-state index is 6.26. The molecule has 0 amide bonds. The topological polar surface area (TPSA) is 100 Å². The number of para-hydroxylation sites is 3. The predicted molar refractivity (Wildman–Crippen MR) is 302 cm³/mol. The lowest BCUT2D eigenvalue weighted by molar-refractivity contribution is 0.669. The summed E-state index contributed by atoms with van der Waals surface area (Å²) >= 11 is 0. The van der Waals surface area contributed by atoms with Crippen LogP contribution in [-0.2, 0) is 0 Å². The van der Waals surface area contributed by atoms with E-state index in [1.54, 1.807) is 0 Å². The van der Waals surface area contributed by atoms with Crippen LogP contribution in [0.3, 0.4) is 0 Å². The van der Waals surface area contributed by atoms with Crippen molar-refractivity contribution in [2.75, 3.05) is 0 Å². The lowest BCUT2D eigenvalue weighted by Crippen LogP contribution is -2.05. The summed E-state index contributed by atoms with van der Waals surface area (Å²) in [7, 11) is 0. The molecule has 75 heavy (non-hydrogen) atoms. The normalized spacial score (nSPS) is 11.7. The molecular formula is C66H40N8O. The fourth-order valence-electron chi connectivity index (χ4n) is 10.7. The molecular weight excluding hydrogens is 921 g/mol. The zero-order valence-corrected chi connectivity index (χ0v) is 40.1. The molecule has 0 fully saturated rings. The first kappa shape index (κ1) is 42.3. The number of nitrogens with zero attached hydrogens (tertiary/aromatic N) is 8. The quantitative estimate of drug-likeness (QED) is 0.149. The number of fused-ring (bicyclic) bond motifs is 10. The summed E-state index contributed by atoms with van der Waals surface area (Å²) in [6, 6.07) is 83.0. The smallest absolute Gasteiger partial charge is 0.235 e. The monoisotopic (exact) mass is 960 g/mol. The highest BCUT2D eigenvalue weighted by atomic mass is 16.3. The number of furan rings is 1. The molecule has 0 spiro atoms. The Hall–Kier alpha value is -10.4. The van der Waals surface area contributed by atoms with E-state index in [-0.39, 0.29) is 0 Å². The minimum atomic E-state index is 0.489. The molecule has 7 heterocycles. The van der Waals surface area contributed by atoms with Gasteiger partial charge in [0.25, 0.3) is 0 Å². The van der Waals surface area contributed by atoms with E-state index in [4.69, 9.17) is 34.3 Å². The van der Waals surface area contributed by atoms with Crippen molar-refractivity contribution in [2.45, 2.75) is 0 Å². The van der Waals surface area contributed by atoms with E-state index in [2.05, 4.69) is 130 Å². The Morgan fingerprint density at radius 2 is 0.733 bits per heavy atom. The Morgan fingerprint density at radius 1 is 0.253 bits per heavy atom. The fourth-order valence-corrected chi connectivity index (χ4v) is 10.7. The molecule has 0 bridgehead atoms. The summed E-state index contributed by atoms with van der Waals surface area (Å²) < 4.78 is 10.7. The molecule has 0 unspecified atom stereocenters. The van der Waals surface area contributed by atoms with Crippen LogP contribution in [0.2, 0.25) is 0 Å². The second kappa shape index (κ2) is 17.1. The molecule has 0 radical (unpaired) electrons. The number of pyridine rings is 2. The fraction of sp³-hybridized carbons (Fsp3) is 0. The summed E-state index contributed by atoms with van der Waals surface area (Å²) in [6.45, 7) is 0. The zero-order chi connectivity index (χ0) is 49.4. The average molecular weight is 961 g/mol. The predicted octanol–water partition coefficient (Wildman–Crippen LogP) is 16.2. The highest BCUT2D eigenvalue weighted by molar-refractivity contribution is 6.26. The Kier molecular flexibility index (Phi) is 9.67. The largest absolute Gasteiger partial charge is 0.456 e. The number of aromatic nitrogens is 8. The zero-order valence-electron chi connectivity index (χ0n) is 40.1. The molecule has 0 aliphatic carbocycles. The number of rotatable bonds is 8. The molecule has 0 N–H and O–H groups in total.